The van der Waals surface area contributed by atoms with E-state index in [9.17, 15) is 0 Å². The third-order valence-electron chi connectivity index (χ3n) is 3.18. The second-order valence-electron chi connectivity index (χ2n) is 5.44. The van der Waals surface area contributed by atoms with Gasteiger partial charge in [-0.2, -0.15) is 0 Å². The van der Waals surface area contributed by atoms with Crippen molar-refractivity contribution >= 4 is 11.6 Å². The van der Waals surface area contributed by atoms with E-state index in [1.54, 1.807) is 12.4 Å². The van der Waals surface area contributed by atoms with Gasteiger partial charge in [-0.15, -0.1) is 0 Å². The van der Waals surface area contributed by atoms with E-state index in [4.69, 9.17) is 5.73 Å². The highest BCUT2D eigenvalue weighted by Crippen LogP contribution is 2.31. The number of hydrogen-bond acceptors (Lipinski definition) is 4. The number of rotatable bonds is 1. The van der Waals surface area contributed by atoms with Gasteiger partial charge >= 0.3 is 0 Å². The molecule has 4 heteroatoms. The van der Waals surface area contributed by atoms with Crippen LogP contribution >= 0.6 is 0 Å². The second-order valence-corrected chi connectivity index (χ2v) is 5.44. The van der Waals surface area contributed by atoms with Crippen molar-refractivity contribution in [2.24, 2.45) is 5.41 Å². The standard InChI is InChI=1S/C13H20N4/c1-13(2,3)10-4-8-17(9-5-10)12-11(14)15-6-7-16-12/h4,6-7H,5,8-9H2,1-3H3,(H2,14,15). The average Bonchev–Trinajstić information content (AvgIpc) is 2.29. The zero-order valence-corrected chi connectivity index (χ0v) is 10.8. The Labute approximate surface area is 103 Å². The maximum atomic E-state index is 5.84. The quantitative estimate of drug-likeness (QED) is 0.754. The third kappa shape index (κ3) is 2.57. The Bertz CT molecular complexity index is 431. The van der Waals surface area contributed by atoms with Crippen LogP contribution in [0.5, 0.6) is 0 Å². The largest absolute Gasteiger partial charge is 0.381 e. The summed E-state index contributed by atoms with van der Waals surface area (Å²) in [6, 6.07) is 0. The molecule has 0 bridgehead atoms. The molecule has 1 aromatic heterocycles. The molecular weight excluding hydrogens is 212 g/mol. The molecule has 2 rings (SSSR count). The van der Waals surface area contributed by atoms with Gasteiger partial charge in [0.2, 0.25) is 0 Å². The van der Waals surface area contributed by atoms with Gasteiger partial charge in [-0.1, -0.05) is 32.4 Å². The number of anilines is 2. The van der Waals surface area contributed by atoms with Gasteiger partial charge in [0, 0.05) is 25.5 Å². The number of hydrogen-bond donors (Lipinski definition) is 1. The van der Waals surface area contributed by atoms with E-state index >= 15 is 0 Å². The Hall–Kier alpha value is -1.58. The number of nitrogens with two attached hydrogens (primary N) is 1. The van der Waals surface area contributed by atoms with Crippen LogP contribution in [0.4, 0.5) is 11.6 Å². The zero-order chi connectivity index (χ0) is 12.5. The van der Waals surface area contributed by atoms with E-state index in [2.05, 4.69) is 41.7 Å². The summed E-state index contributed by atoms with van der Waals surface area (Å²) in [5, 5.41) is 0. The van der Waals surface area contributed by atoms with E-state index in [0.717, 1.165) is 25.3 Å². The Kier molecular flexibility index (Phi) is 3.05. The highest BCUT2D eigenvalue weighted by atomic mass is 15.2. The van der Waals surface area contributed by atoms with Crippen LogP contribution < -0.4 is 10.6 Å². The molecular formula is C13H20N4. The second kappa shape index (κ2) is 4.35. The highest BCUT2D eigenvalue weighted by molar-refractivity contribution is 5.58. The lowest BCUT2D eigenvalue weighted by Gasteiger charge is -2.32. The summed E-state index contributed by atoms with van der Waals surface area (Å²) >= 11 is 0. The van der Waals surface area contributed by atoms with Crippen LogP contribution in [0.15, 0.2) is 24.0 Å². The number of aromatic nitrogens is 2. The van der Waals surface area contributed by atoms with Gasteiger partial charge in [-0.25, -0.2) is 9.97 Å². The van der Waals surface area contributed by atoms with Crippen molar-refractivity contribution in [3.05, 3.63) is 24.0 Å². The topological polar surface area (TPSA) is 55.0 Å². The summed E-state index contributed by atoms with van der Waals surface area (Å²) in [4.78, 5) is 10.6. The minimum absolute atomic E-state index is 0.264. The van der Waals surface area contributed by atoms with Crippen LogP contribution in [0.1, 0.15) is 27.2 Å². The Morgan fingerprint density at radius 1 is 1.24 bits per heavy atom. The fourth-order valence-electron chi connectivity index (χ4n) is 2.13. The van der Waals surface area contributed by atoms with Gasteiger partial charge in [0.05, 0.1) is 0 Å². The number of nitrogens with zero attached hydrogens (tertiary/aromatic N) is 3. The number of nitrogen functional groups attached to an aromatic ring is 1. The molecule has 0 spiro atoms. The first-order valence-electron chi connectivity index (χ1n) is 5.99. The fraction of sp³-hybridized carbons (Fsp3) is 0.538. The lowest BCUT2D eigenvalue weighted by Crippen LogP contribution is -2.32. The smallest absolute Gasteiger partial charge is 0.171 e. The molecule has 0 radical (unpaired) electrons. The first-order chi connectivity index (χ1) is 7.98. The minimum atomic E-state index is 0.264. The summed E-state index contributed by atoms with van der Waals surface area (Å²) in [5.74, 6) is 1.32. The van der Waals surface area contributed by atoms with Gasteiger partial charge in [-0.05, 0) is 11.8 Å². The zero-order valence-electron chi connectivity index (χ0n) is 10.8. The SMILES string of the molecule is CC(C)(C)C1=CCN(c2nccnc2N)CC1. The molecule has 1 aliphatic heterocycles. The van der Waals surface area contributed by atoms with Gasteiger partial charge in [0.1, 0.15) is 0 Å². The molecule has 0 fully saturated rings. The molecule has 2 N–H and O–H groups in total. The summed E-state index contributed by atoms with van der Waals surface area (Å²) in [6.45, 7) is 8.60. The van der Waals surface area contributed by atoms with Crippen molar-refractivity contribution in [2.75, 3.05) is 23.7 Å². The summed E-state index contributed by atoms with van der Waals surface area (Å²) in [7, 11) is 0. The van der Waals surface area contributed by atoms with Crippen molar-refractivity contribution in [2.45, 2.75) is 27.2 Å². The molecule has 4 nitrogen and oxygen atoms in total. The summed E-state index contributed by atoms with van der Waals surface area (Å²) in [6.07, 6.45) is 6.67. The van der Waals surface area contributed by atoms with Crippen LogP contribution in [0.3, 0.4) is 0 Å². The monoisotopic (exact) mass is 232 g/mol. The van der Waals surface area contributed by atoms with Crippen molar-refractivity contribution in [1.82, 2.24) is 9.97 Å². The van der Waals surface area contributed by atoms with E-state index in [0.29, 0.717) is 5.82 Å². The predicted octanol–water partition coefficient (Wildman–Crippen LogP) is 2.24. The third-order valence-corrected chi connectivity index (χ3v) is 3.18. The molecule has 0 amide bonds. The molecule has 0 atom stereocenters. The Balaban J connectivity index is 2.15. The van der Waals surface area contributed by atoms with Crippen LogP contribution in [0.25, 0.3) is 0 Å². The van der Waals surface area contributed by atoms with Gasteiger partial charge < -0.3 is 10.6 Å². The lowest BCUT2D eigenvalue weighted by molar-refractivity contribution is 0.472. The summed E-state index contributed by atoms with van der Waals surface area (Å²) < 4.78 is 0. The molecule has 0 saturated heterocycles. The average molecular weight is 232 g/mol. The van der Waals surface area contributed by atoms with E-state index < -0.39 is 0 Å². The van der Waals surface area contributed by atoms with Crippen molar-refractivity contribution in [3.63, 3.8) is 0 Å². The van der Waals surface area contributed by atoms with Crippen molar-refractivity contribution in [3.8, 4) is 0 Å². The van der Waals surface area contributed by atoms with Crippen molar-refractivity contribution < 1.29 is 0 Å². The maximum absolute atomic E-state index is 5.84. The Morgan fingerprint density at radius 2 is 1.94 bits per heavy atom. The van der Waals surface area contributed by atoms with E-state index in [1.165, 1.54) is 5.57 Å². The van der Waals surface area contributed by atoms with Gasteiger partial charge in [0.25, 0.3) is 0 Å². The minimum Gasteiger partial charge on any atom is -0.381 e. The van der Waals surface area contributed by atoms with Gasteiger partial charge in [-0.3, -0.25) is 0 Å². The van der Waals surface area contributed by atoms with E-state index in [1.807, 2.05) is 0 Å². The highest BCUT2D eigenvalue weighted by Gasteiger charge is 2.22. The molecule has 92 valence electrons. The molecule has 2 heterocycles. The molecule has 17 heavy (non-hydrogen) atoms. The van der Waals surface area contributed by atoms with Crippen LogP contribution in [-0.2, 0) is 0 Å². The molecule has 1 aromatic rings. The van der Waals surface area contributed by atoms with Crippen LogP contribution in [0.2, 0.25) is 0 Å². The first-order valence-corrected chi connectivity index (χ1v) is 5.99. The normalized spacial score (nSPS) is 16.9. The maximum Gasteiger partial charge on any atom is 0.171 e. The van der Waals surface area contributed by atoms with Crippen LogP contribution in [-0.4, -0.2) is 23.1 Å². The molecule has 0 aromatic carbocycles. The van der Waals surface area contributed by atoms with Crippen LogP contribution in [0, 0.1) is 5.41 Å². The summed E-state index contributed by atoms with van der Waals surface area (Å²) in [5.41, 5.74) is 7.61. The molecule has 1 aliphatic rings. The fourth-order valence-corrected chi connectivity index (χ4v) is 2.13. The lowest BCUT2D eigenvalue weighted by atomic mass is 9.83. The Morgan fingerprint density at radius 3 is 2.47 bits per heavy atom. The van der Waals surface area contributed by atoms with Crippen molar-refractivity contribution in [1.29, 1.82) is 0 Å². The molecule has 0 saturated carbocycles. The molecule has 0 aliphatic carbocycles. The first kappa shape index (κ1) is 11.9. The molecule has 0 unspecified atom stereocenters. The predicted molar refractivity (Wildman–Crippen MR) is 70.8 cm³/mol. The van der Waals surface area contributed by atoms with Gasteiger partial charge in [0.15, 0.2) is 11.6 Å². The van der Waals surface area contributed by atoms with E-state index in [-0.39, 0.29) is 5.41 Å².